The SMILES string of the molecule is CC(CNC(=O)C(N)C(C)(C)C)c1ccccc1. The second kappa shape index (κ2) is 6.01. The van der Waals surface area contributed by atoms with Crippen LogP contribution in [0, 0.1) is 5.41 Å². The van der Waals surface area contributed by atoms with E-state index in [2.05, 4.69) is 24.4 Å². The Morgan fingerprint density at radius 2 is 1.83 bits per heavy atom. The van der Waals surface area contributed by atoms with Gasteiger partial charge in [-0.05, 0) is 16.9 Å². The van der Waals surface area contributed by atoms with E-state index in [4.69, 9.17) is 5.73 Å². The smallest absolute Gasteiger partial charge is 0.237 e. The van der Waals surface area contributed by atoms with Crippen LogP contribution in [0.15, 0.2) is 30.3 Å². The Kier molecular flexibility index (Phi) is 4.91. The molecule has 1 aromatic rings. The summed E-state index contributed by atoms with van der Waals surface area (Å²) in [5.74, 6) is 0.215. The van der Waals surface area contributed by atoms with Gasteiger partial charge in [0.25, 0.3) is 0 Å². The van der Waals surface area contributed by atoms with Crippen molar-refractivity contribution in [2.75, 3.05) is 6.54 Å². The lowest BCUT2D eigenvalue weighted by atomic mass is 9.87. The van der Waals surface area contributed by atoms with Gasteiger partial charge in [-0.3, -0.25) is 4.79 Å². The average molecular weight is 248 g/mol. The molecule has 0 aromatic heterocycles. The minimum atomic E-state index is -0.472. The molecule has 0 saturated carbocycles. The third kappa shape index (κ3) is 4.15. The van der Waals surface area contributed by atoms with Crippen LogP contribution < -0.4 is 11.1 Å². The molecule has 3 heteroatoms. The van der Waals surface area contributed by atoms with E-state index in [1.807, 2.05) is 39.0 Å². The number of hydrogen-bond donors (Lipinski definition) is 2. The normalized spacial score (nSPS) is 14.9. The zero-order valence-corrected chi connectivity index (χ0v) is 11.7. The standard InChI is InChI=1S/C15H24N2O/c1-11(12-8-6-5-7-9-12)10-17-14(18)13(16)15(2,3)4/h5-9,11,13H,10,16H2,1-4H3,(H,17,18). The van der Waals surface area contributed by atoms with Gasteiger partial charge in [0.05, 0.1) is 6.04 Å². The number of amides is 1. The van der Waals surface area contributed by atoms with Crippen LogP contribution in [0.4, 0.5) is 0 Å². The van der Waals surface area contributed by atoms with Crippen LogP contribution in [0.3, 0.4) is 0 Å². The van der Waals surface area contributed by atoms with Crippen molar-refractivity contribution in [1.29, 1.82) is 0 Å². The number of carbonyl (C=O) groups excluding carboxylic acids is 1. The molecule has 100 valence electrons. The number of benzene rings is 1. The minimum Gasteiger partial charge on any atom is -0.354 e. The molecule has 0 heterocycles. The lowest BCUT2D eigenvalue weighted by Crippen LogP contribution is -2.49. The number of nitrogens with two attached hydrogens (primary N) is 1. The van der Waals surface area contributed by atoms with Gasteiger partial charge in [0.15, 0.2) is 0 Å². The molecule has 0 radical (unpaired) electrons. The lowest BCUT2D eigenvalue weighted by Gasteiger charge is -2.26. The highest BCUT2D eigenvalue weighted by atomic mass is 16.2. The van der Waals surface area contributed by atoms with Crippen LogP contribution in [-0.4, -0.2) is 18.5 Å². The molecule has 2 unspecified atom stereocenters. The molecule has 18 heavy (non-hydrogen) atoms. The van der Waals surface area contributed by atoms with Gasteiger partial charge in [-0.25, -0.2) is 0 Å². The predicted molar refractivity (Wildman–Crippen MR) is 75.3 cm³/mol. The molecule has 3 N–H and O–H groups in total. The summed E-state index contributed by atoms with van der Waals surface area (Å²) < 4.78 is 0. The van der Waals surface area contributed by atoms with Gasteiger partial charge in [-0.15, -0.1) is 0 Å². The van der Waals surface area contributed by atoms with E-state index in [9.17, 15) is 4.79 Å². The van der Waals surface area contributed by atoms with E-state index in [1.165, 1.54) is 5.56 Å². The lowest BCUT2D eigenvalue weighted by molar-refractivity contribution is -0.124. The molecule has 0 saturated heterocycles. The summed E-state index contributed by atoms with van der Waals surface area (Å²) in [6, 6.07) is 9.68. The minimum absolute atomic E-state index is 0.0784. The van der Waals surface area contributed by atoms with E-state index in [0.717, 1.165) is 0 Å². The third-order valence-electron chi connectivity index (χ3n) is 3.17. The van der Waals surface area contributed by atoms with Crippen LogP contribution >= 0.6 is 0 Å². The molecular weight excluding hydrogens is 224 g/mol. The third-order valence-corrected chi connectivity index (χ3v) is 3.17. The van der Waals surface area contributed by atoms with E-state index < -0.39 is 6.04 Å². The number of rotatable bonds is 4. The first-order valence-corrected chi connectivity index (χ1v) is 6.40. The molecule has 0 aliphatic heterocycles. The van der Waals surface area contributed by atoms with Crippen molar-refractivity contribution in [1.82, 2.24) is 5.32 Å². The maximum absolute atomic E-state index is 11.9. The maximum atomic E-state index is 11.9. The van der Waals surface area contributed by atoms with Crippen LogP contribution in [-0.2, 0) is 4.79 Å². The Morgan fingerprint density at radius 3 is 2.33 bits per heavy atom. The van der Waals surface area contributed by atoms with Gasteiger partial charge in [0.1, 0.15) is 0 Å². The second-order valence-corrected chi connectivity index (χ2v) is 5.90. The average Bonchev–Trinajstić information content (AvgIpc) is 2.34. The van der Waals surface area contributed by atoms with E-state index in [0.29, 0.717) is 12.5 Å². The van der Waals surface area contributed by atoms with E-state index >= 15 is 0 Å². The molecule has 1 aromatic carbocycles. The Hall–Kier alpha value is -1.35. The number of nitrogens with one attached hydrogen (secondary N) is 1. The summed E-state index contributed by atoms with van der Waals surface area (Å²) in [5, 5.41) is 2.92. The highest BCUT2D eigenvalue weighted by molar-refractivity contribution is 5.82. The van der Waals surface area contributed by atoms with Gasteiger partial charge >= 0.3 is 0 Å². The largest absolute Gasteiger partial charge is 0.354 e. The zero-order chi connectivity index (χ0) is 13.8. The fraction of sp³-hybridized carbons (Fsp3) is 0.533. The summed E-state index contributed by atoms with van der Waals surface area (Å²) in [6.45, 7) is 8.62. The first kappa shape index (κ1) is 14.7. The fourth-order valence-electron chi connectivity index (χ4n) is 1.66. The van der Waals surface area contributed by atoms with Crippen molar-refractivity contribution in [3.63, 3.8) is 0 Å². The first-order chi connectivity index (χ1) is 8.32. The second-order valence-electron chi connectivity index (χ2n) is 5.90. The highest BCUT2D eigenvalue weighted by Crippen LogP contribution is 2.18. The van der Waals surface area contributed by atoms with Gasteiger partial charge in [0.2, 0.25) is 5.91 Å². The molecule has 1 rings (SSSR count). The fourth-order valence-corrected chi connectivity index (χ4v) is 1.66. The molecule has 2 atom stereocenters. The molecular formula is C15H24N2O. The quantitative estimate of drug-likeness (QED) is 0.859. The number of carbonyl (C=O) groups is 1. The monoisotopic (exact) mass is 248 g/mol. The predicted octanol–water partition coefficient (Wildman–Crippen LogP) is 2.28. The Morgan fingerprint density at radius 1 is 1.28 bits per heavy atom. The van der Waals surface area contributed by atoms with Gasteiger partial charge < -0.3 is 11.1 Å². The van der Waals surface area contributed by atoms with Crippen molar-refractivity contribution in [3.05, 3.63) is 35.9 Å². The van der Waals surface area contributed by atoms with Gasteiger partial charge in [0, 0.05) is 6.54 Å². The molecule has 3 nitrogen and oxygen atoms in total. The van der Waals surface area contributed by atoms with Crippen molar-refractivity contribution in [3.8, 4) is 0 Å². The topological polar surface area (TPSA) is 55.1 Å². The van der Waals surface area contributed by atoms with Crippen LogP contribution in [0.5, 0.6) is 0 Å². The van der Waals surface area contributed by atoms with E-state index in [-0.39, 0.29) is 11.3 Å². The van der Waals surface area contributed by atoms with Crippen LogP contribution in [0.1, 0.15) is 39.2 Å². The van der Waals surface area contributed by atoms with Gasteiger partial charge in [-0.1, -0.05) is 58.0 Å². The molecule has 0 bridgehead atoms. The Balaban J connectivity index is 2.49. The molecule has 0 aliphatic carbocycles. The van der Waals surface area contributed by atoms with Crippen molar-refractivity contribution in [2.24, 2.45) is 11.1 Å². The molecule has 1 amide bonds. The van der Waals surface area contributed by atoms with Gasteiger partial charge in [-0.2, -0.15) is 0 Å². The maximum Gasteiger partial charge on any atom is 0.237 e. The van der Waals surface area contributed by atoms with Crippen molar-refractivity contribution < 1.29 is 4.79 Å². The summed E-state index contributed by atoms with van der Waals surface area (Å²) in [7, 11) is 0. The van der Waals surface area contributed by atoms with Crippen LogP contribution in [0.25, 0.3) is 0 Å². The summed E-state index contributed by atoms with van der Waals surface area (Å²) >= 11 is 0. The molecule has 0 aliphatic rings. The van der Waals surface area contributed by atoms with Crippen LogP contribution in [0.2, 0.25) is 0 Å². The number of hydrogen-bond acceptors (Lipinski definition) is 2. The Bertz CT molecular complexity index is 381. The zero-order valence-electron chi connectivity index (χ0n) is 11.7. The highest BCUT2D eigenvalue weighted by Gasteiger charge is 2.27. The molecule has 0 fully saturated rings. The molecule has 0 spiro atoms. The van der Waals surface area contributed by atoms with E-state index in [1.54, 1.807) is 0 Å². The first-order valence-electron chi connectivity index (χ1n) is 6.40. The van der Waals surface area contributed by atoms with Crippen molar-refractivity contribution in [2.45, 2.75) is 39.7 Å². The van der Waals surface area contributed by atoms with Crippen molar-refractivity contribution >= 4 is 5.91 Å². The summed E-state index contributed by atoms with van der Waals surface area (Å²) in [4.78, 5) is 11.9. The summed E-state index contributed by atoms with van der Waals surface area (Å²) in [6.07, 6.45) is 0. The summed E-state index contributed by atoms with van der Waals surface area (Å²) in [5.41, 5.74) is 6.92. The Labute approximate surface area is 110 Å².